The first kappa shape index (κ1) is 15.3. The summed E-state index contributed by atoms with van der Waals surface area (Å²) < 4.78 is 0. The summed E-state index contributed by atoms with van der Waals surface area (Å²) in [7, 11) is 0. The standard InChI is InChI=1S/C12H16ClNO3S/c1-8(12(17)14-6-10(16)7-15)18-11-4-2-9(13)3-5-11/h2-5,8,10,15-16H,6-7H2,1H3,(H,14,17). The first-order chi connectivity index (χ1) is 8.52. The zero-order chi connectivity index (χ0) is 13.5. The predicted molar refractivity (Wildman–Crippen MR) is 72.9 cm³/mol. The van der Waals surface area contributed by atoms with Gasteiger partial charge in [0.1, 0.15) is 0 Å². The van der Waals surface area contributed by atoms with Crippen molar-refractivity contribution in [3.8, 4) is 0 Å². The van der Waals surface area contributed by atoms with Crippen molar-refractivity contribution < 1.29 is 15.0 Å². The Hall–Kier alpha value is -0.750. The van der Waals surface area contributed by atoms with E-state index in [1.54, 1.807) is 19.1 Å². The van der Waals surface area contributed by atoms with E-state index in [1.807, 2.05) is 12.1 Å². The molecule has 4 nitrogen and oxygen atoms in total. The lowest BCUT2D eigenvalue weighted by Gasteiger charge is -2.13. The number of thioether (sulfide) groups is 1. The largest absolute Gasteiger partial charge is 0.394 e. The third-order valence-corrected chi connectivity index (χ3v) is 3.58. The van der Waals surface area contributed by atoms with Gasteiger partial charge in [-0.2, -0.15) is 0 Å². The summed E-state index contributed by atoms with van der Waals surface area (Å²) >= 11 is 7.18. The maximum absolute atomic E-state index is 11.7. The third-order valence-electron chi connectivity index (χ3n) is 2.22. The van der Waals surface area contributed by atoms with Crippen molar-refractivity contribution in [2.24, 2.45) is 0 Å². The number of nitrogens with one attached hydrogen (secondary N) is 1. The molecule has 0 fully saturated rings. The summed E-state index contributed by atoms with van der Waals surface area (Å²) in [5, 5.41) is 20.7. The van der Waals surface area contributed by atoms with E-state index in [9.17, 15) is 4.79 Å². The summed E-state index contributed by atoms with van der Waals surface area (Å²) in [4.78, 5) is 12.6. The van der Waals surface area contributed by atoms with E-state index in [4.69, 9.17) is 21.8 Å². The van der Waals surface area contributed by atoms with Gasteiger partial charge in [-0.05, 0) is 31.2 Å². The molecule has 2 atom stereocenters. The van der Waals surface area contributed by atoms with E-state index in [0.29, 0.717) is 5.02 Å². The molecule has 2 unspecified atom stereocenters. The molecule has 18 heavy (non-hydrogen) atoms. The first-order valence-electron chi connectivity index (χ1n) is 5.51. The lowest BCUT2D eigenvalue weighted by Crippen LogP contribution is -2.37. The summed E-state index contributed by atoms with van der Waals surface area (Å²) in [5.41, 5.74) is 0. The molecule has 0 aliphatic carbocycles. The zero-order valence-electron chi connectivity index (χ0n) is 9.97. The molecule has 0 heterocycles. The van der Waals surface area contributed by atoms with Crippen LogP contribution in [0.1, 0.15) is 6.92 Å². The molecule has 1 aromatic carbocycles. The fourth-order valence-electron chi connectivity index (χ4n) is 1.20. The van der Waals surface area contributed by atoms with Crippen molar-refractivity contribution >= 4 is 29.3 Å². The van der Waals surface area contributed by atoms with Crippen LogP contribution in [-0.4, -0.2) is 40.6 Å². The maximum atomic E-state index is 11.7. The van der Waals surface area contributed by atoms with Gasteiger partial charge in [0, 0.05) is 16.5 Å². The predicted octanol–water partition coefficient (Wildman–Crippen LogP) is 1.29. The number of benzene rings is 1. The van der Waals surface area contributed by atoms with Crippen molar-refractivity contribution in [3.63, 3.8) is 0 Å². The van der Waals surface area contributed by atoms with Crippen molar-refractivity contribution in [1.29, 1.82) is 0 Å². The molecule has 3 N–H and O–H groups in total. The second-order valence-electron chi connectivity index (χ2n) is 3.80. The van der Waals surface area contributed by atoms with Gasteiger partial charge in [0.25, 0.3) is 0 Å². The van der Waals surface area contributed by atoms with E-state index in [2.05, 4.69) is 5.32 Å². The lowest BCUT2D eigenvalue weighted by atomic mass is 10.3. The first-order valence-corrected chi connectivity index (χ1v) is 6.77. The van der Waals surface area contributed by atoms with E-state index < -0.39 is 6.10 Å². The van der Waals surface area contributed by atoms with Crippen molar-refractivity contribution in [2.75, 3.05) is 13.2 Å². The van der Waals surface area contributed by atoms with Crippen LogP contribution in [0, 0.1) is 0 Å². The number of aliphatic hydroxyl groups excluding tert-OH is 2. The Morgan fingerprint density at radius 1 is 1.44 bits per heavy atom. The van der Waals surface area contributed by atoms with Gasteiger partial charge >= 0.3 is 0 Å². The molecule has 100 valence electrons. The number of amides is 1. The van der Waals surface area contributed by atoms with Gasteiger partial charge in [0.2, 0.25) is 5.91 Å². The minimum absolute atomic E-state index is 0.0564. The maximum Gasteiger partial charge on any atom is 0.233 e. The molecular formula is C12H16ClNO3S. The number of rotatable bonds is 6. The van der Waals surface area contributed by atoms with E-state index >= 15 is 0 Å². The van der Waals surface area contributed by atoms with Crippen LogP contribution in [0.4, 0.5) is 0 Å². The molecule has 0 aliphatic rings. The van der Waals surface area contributed by atoms with E-state index in [0.717, 1.165) is 4.90 Å². The van der Waals surface area contributed by atoms with Crippen LogP contribution < -0.4 is 5.32 Å². The van der Waals surface area contributed by atoms with Gasteiger partial charge in [-0.15, -0.1) is 11.8 Å². The quantitative estimate of drug-likeness (QED) is 0.690. The van der Waals surface area contributed by atoms with Gasteiger partial charge in [-0.25, -0.2) is 0 Å². The summed E-state index contributed by atoms with van der Waals surface area (Å²) in [6.07, 6.45) is -0.915. The number of hydrogen-bond acceptors (Lipinski definition) is 4. The molecule has 0 radical (unpaired) electrons. The second kappa shape index (κ2) is 7.63. The van der Waals surface area contributed by atoms with Gasteiger partial charge < -0.3 is 15.5 Å². The highest BCUT2D eigenvalue weighted by Gasteiger charge is 2.15. The summed E-state index contributed by atoms with van der Waals surface area (Å²) in [6.45, 7) is 1.47. The average molecular weight is 290 g/mol. The van der Waals surface area contributed by atoms with Crippen LogP contribution >= 0.6 is 23.4 Å². The molecule has 0 bridgehead atoms. The highest BCUT2D eigenvalue weighted by molar-refractivity contribution is 8.00. The number of carbonyl (C=O) groups is 1. The van der Waals surface area contributed by atoms with Crippen LogP contribution in [0.25, 0.3) is 0 Å². The lowest BCUT2D eigenvalue weighted by molar-refractivity contribution is -0.120. The Balaban J connectivity index is 2.42. The van der Waals surface area contributed by atoms with Crippen molar-refractivity contribution in [2.45, 2.75) is 23.2 Å². The monoisotopic (exact) mass is 289 g/mol. The minimum atomic E-state index is -0.915. The molecule has 0 aromatic heterocycles. The SMILES string of the molecule is CC(Sc1ccc(Cl)cc1)C(=O)NCC(O)CO. The van der Waals surface area contributed by atoms with Crippen LogP contribution in [0.5, 0.6) is 0 Å². The van der Waals surface area contributed by atoms with Crippen LogP contribution in [0.2, 0.25) is 5.02 Å². The van der Waals surface area contributed by atoms with Crippen molar-refractivity contribution in [3.05, 3.63) is 29.3 Å². The second-order valence-corrected chi connectivity index (χ2v) is 5.65. The Morgan fingerprint density at radius 3 is 2.61 bits per heavy atom. The average Bonchev–Trinajstić information content (AvgIpc) is 2.38. The fraction of sp³-hybridized carbons (Fsp3) is 0.417. The number of aliphatic hydroxyl groups is 2. The molecule has 0 saturated carbocycles. The van der Waals surface area contributed by atoms with Gasteiger partial charge in [-0.1, -0.05) is 11.6 Å². The number of carbonyl (C=O) groups excluding carboxylic acids is 1. The van der Waals surface area contributed by atoms with Crippen molar-refractivity contribution in [1.82, 2.24) is 5.32 Å². The molecule has 0 saturated heterocycles. The molecule has 1 rings (SSSR count). The molecule has 1 amide bonds. The highest BCUT2D eigenvalue weighted by Crippen LogP contribution is 2.24. The van der Waals surface area contributed by atoms with E-state index in [1.165, 1.54) is 11.8 Å². The van der Waals surface area contributed by atoms with Crippen LogP contribution in [0.3, 0.4) is 0 Å². The van der Waals surface area contributed by atoms with E-state index in [-0.39, 0.29) is 24.3 Å². The fourth-order valence-corrected chi connectivity index (χ4v) is 2.22. The Bertz CT molecular complexity index is 385. The van der Waals surface area contributed by atoms with Crippen LogP contribution in [0.15, 0.2) is 29.2 Å². The van der Waals surface area contributed by atoms with Gasteiger partial charge in [0.15, 0.2) is 0 Å². The van der Waals surface area contributed by atoms with Gasteiger partial charge in [-0.3, -0.25) is 4.79 Å². The van der Waals surface area contributed by atoms with Crippen LogP contribution in [-0.2, 0) is 4.79 Å². The molecule has 0 aliphatic heterocycles. The normalized spacial score (nSPS) is 14.0. The zero-order valence-corrected chi connectivity index (χ0v) is 11.5. The molecule has 1 aromatic rings. The minimum Gasteiger partial charge on any atom is -0.394 e. The Kier molecular flexibility index (Phi) is 6.49. The summed E-state index contributed by atoms with van der Waals surface area (Å²) in [5.74, 6) is -0.178. The summed E-state index contributed by atoms with van der Waals surface area (Å²) in [6, 6.07) is 7.23. The smallest absolute Gasteiger partial charge is 0.233 e. The van der Waals surface area contributed by atoms with Gasteiger partial charge in [0.05, 0.1) is 18.0 Å². The molecule has 0 spiro atoms. The number of hydrogen-bond donors (Lipinski definition) is 3. The number of halogens is 1. The topological polar surface area (TPSA) is 69.6 Å². The Morgan fingerprint density at radius 2 is 2.06 bits per heavy atom. The third kappa shape index (κ3) is 5.27. The molecular weight excluding hydrogens is 274 g/mol. The highest BCUT2D eigenvalue weighted by atomic mass is 35.5. The molecule has 6 heteroatoms. The Labute approximate surface area is 115 Å².